The topological polar surface area (TPSA) is 354 Å². The van der Waals surface area contributed by atoms with Crippen LogP contribution < -0.4 is 11.5 Å². The van der Waals surface area contributed by atoms with Crippen molar-refractivity contribution < 1.29 is 57.6 Å². The molecule has 6 heterocycles. The Balaban J connectivity index is 0.000000171. The lowest BCUT2D eigenvalue weighted by molar-refractivity contribution is -0.0511. The molecular weight excluding hydrogens is 604 g/mol. The Morgan fingerprint density at radius 2 is 1.02 bits per heavy atom. The van der Waals surface area contributed by atoms with Crippen molar-refractivity contribution in [1.29, 1.82) is 0 Å². The number of fused-ring (bicyclic) bond motifs is 2. The molecule has 8 atom stereocenters. The third-order valence-electron chi connectivity index (χ3n) is 6.36. The molecule has 23 heteroatoms. The molecule has 2 aliphatic rings. The number of nitrogen functional groups attached to an aromatic ring is 2. The highest BCUT2D eigenvalue weighted by Crippen LogP contribution is 2.32. The molecular formula is C20H28N10O12S. The maximum absolute atomic E-state index is 9.95. The molecule has 8 unspecified atom stereocenters. The molecule has 12 N–H and O–H groups in total. The minimum Gasteiger partial charge on any atom is -0.394 e. The first-order valence-corrected chi connectivity index (χ1v) is 13.5. The van der Waals surface area contributed by atoms with Crippen molar-refractivity contribution in [3.8, 4) is 0 Å². The van der Waals surface area contributed by atoms with Gasteiger partial charge in [-0.05, 0) is 0 Å². The first-order valence-electron chi connectivity index (χ1n) is 12.1. The van der Waals surface area contributed by atoms with Gasteiger partial charge in [0.25, 0.3) is 0 Å². The number of hydrogen-bond acceptors (Lipinski definition) is 18. The highest BCUT2D eigenvalue weighted by molar-refractivity contribution is 7.79. The number of anilines is 2. The summed E-state index contributed by atoms with van der Waals surface area (Å²) in [5.41, 5.74) is 12.9. The van der Waals surface area contributed by atoms with Crippen molar-refractivity contribution in [3.05, 3.63) is 25.3 Å². The molecule has 0 bridgehead atoms. The number of ether oxygens (including phenoxy) is 2. The van der Waals surface area contributed by atoms with Gasteiger partial charge in [-0.1, -0.05) is 0 Å². The lowest BCUT2D eigenvalue weighted by atomic mass is 10.1. The second-order valence-corrected chi connectivity index (χ2v) is 9.97. The van der Waals surface area contributed by atoms with Crippen LogP contribution in [-0.2, 0) is 19.9 Å². The molecule has 0 aromatic carbocycles. The quantitative estimate of drug-likeness (QED) is 0.0945. The van der Waals surface area contributed by atoms with Crippen LogP contribution in [0.3, 0.4) is 0 Å². The molecule has 0 saturated carbocycles. The van der Waals surface area contributed by atoms with Crippen LogP contribution in [0.1, 0.15) is 12.5 Å². The summed E-state index contributed by atoms with van der Waals surface area (Å²) in [6.45, 7) is -0.781. The van der Waals surface area contributed by atoms with Crippen molar-refractivity contribution in [2.24, 2.45) is 0 Å². The van der Waals surface area contributed by atoms with E-state index in [0.29, 0.717) is 22.3 Å². The molecule has 0 amide bonds. The van der Waals surface area contributed by atoms with E-state index in [-0.39, 0.29) is 11.6 Å². The standard InChI is InChI=1S/2C10H13N5O4.H2O4S/c2*11-8-5-9(13-2-12-8)15(3-14-5)10-7(18)6(17)4(1-16)19-10;1-5(2,3)4/h2*2-4,6-7,10,16-18H,1H2,(H2,11,12,13);(H2,1,2,3,4). The SMILES string of the molecule is Nc1ncnc2c1ncn2C1OC(CO)C(O)C1O.Nc1ncnc2c1ncn2C1OC(CO)C(O)C1O.O=S(=O)(O)O. The number of nitrogens with zero attached hydrogens (tertiary/aromatic N) is 8. The monoisotopic (exact) mass is 632 g/mol. The zero-order chi connectivity index (χ0) is 31.6. The molecule has 0 aliphatic carbocycles. The van der Waals surface area contributed by atoms with Gasteiger partial charge in [0, 0.05) is 0 Å². The minimum absolute atomic E-state index is 0.218. The van der Waals surface area contributed by atoms with E-state index in [4.69, 9.17) is 48.7 Å². The summed E-state index contributed by atoms with van der Waals surface area (Å²) >= 11 is 0. The summed E-state index contributed by atoms with van der Waals surface area (Å²) < 4.78 is 45.3. The first-order chi connectivity index (χ1) is 20.3. The van der Waals surface area contributed by atoms with E-state index in [0.717, 1.165) is 0 Å². The van der Waals surface area contributed by atoms with Crippen LogP contribution in [0, 0.1) is 0 Å². The maximum Gasteiger partial charge on any atom is 0.394 e. The van der Waals surface area contributed by atoms with Crippen molar-refractivity contribution in [2.45, 2.75) is 49.1 Å². The van der Waals surface area contributed by atoms with Crippen LogP contribution in [0.2, 0.25) is 0 Å². The number of aromatic nitrogens is 8. The van der Waals surface area contributed by atoms with E-state index in [2.05, 4.69) is 29.9 Å². The fourth-order valence-electron chi connectivity index (χ4n) is 4.33. The highest BCUT2D eigenvalue weighted by Gasteiger charge is 2.45. The molecule has 0 radical (unpaired) electrons. The van der Waals surface area contributed by atoms with Gasteiger partial charge in [-0.25, -0.2) is 29.9 Å². The maximum atomic E-state index is 9.95. The summed E-state index contributed by atoms with van der Waals surface area (Å²) in [7, 11) is -4.67. The summed E-state index contributed by atoms with van der Waals surface area (Å²) in [6, 6.07) is 0. The normalized spacial score (nSPS) is 28.8. The predicted molar refractivity (Wildman–Crippen MR) is 140 cm³/mol. The molecule has 2 fully saturated rings. The number of rotatable bonds is 4. The fraction of sp³-hybridized carbons (Fsp3) is 0.500. The lowest BCUT2D eigenvalue weighted by Crippen LogP contribution is -2.33. The van der Waals surface area contributed by atoms with Gasteiger partial charge in [0.2, 0.25) is 0 Å². The Kier molecular flexibility index (Phi) is 9.62. The van der Waals surface area contributed by atoms with Gasteiger partial charge in [-0.3, -0.25) is 18.2 Å². The number of aliphatic hydroxyl groups is 6. The minimum atomic E-state index is -4.67. The molecule has 2 aliphatic heterocycles. The Morgan fingerprint density at radius 1 is 0.674 bits per heavy atom. The molecule has 4 aromatic heterocycles. The van der Waals surface area contributed by atoms with E-state index in [9.17, 15) is 20.4 Å². The van der Waals surface area contributed by atoms with E-state index in [1.165, 1.54) is 34.4 Å². The Bertz CT molecular complexity index is 1540. The zero-order valence-electron chi connectivity index (χ0n) is 21.7. The van der Waals surface area contributed by atoms with E-state index < -0.39 is 72.7 Å². The van der Waals surface area contributed by atoms with Gasteiger partial charge in [-0.15, -0.1) is 0 Å². The average molecular weight is 633 g/mol. The van der Waals surface area contributed by atoms with Crippen LogP contribution in [0.15, 0.2) is 25.3 Å². The van der Waals surface area contributed by atoms with Gasteiger partial charge >= 0.3 is 10.4 Å². The van der Waals surface area contributed by atoms with Crippen LogP contribution in [0.4, 0.5) is 11.6 Å². The molecule has 4 aromatic rings. The van der Waals surface area contributed by atoms with Crippen molar-refractivity contribution >= 4 is 44.4 Å². The lowest BCUT2D eigenvalue weighted by Gasteiger charge is -2.16. The number of aliphatic hydroxyl groups excluding tert-OH is 6. The fourth-order valence-corrected chi connectivity index (χ4v) is 4.33. The van der Waals surface area contributed by atoms with Gasteiger partial charge in [0.1, 0.15) is 60.3 Å². The summed E-state index contributed by atoms with van der Waals surface area (Å²) in [5.74, 6) is 0.436. The Morgan fingerprint density at radius 3 is 1.33 bits per heavy atom. The summed E-state index contributed by atoms with van der Waals surface area (Å²) in [5, 5.41) is 57.5. The highest BCUT2D eigenvalue weighted by atomic mass is 32.3. The van der Waals surface area contributed by atoms with Gasteiger partial charge in [0.05, 0.1) is 25.9 Å². The molecule has 43 heavy (non-hydrogen) atoms. The van der Waals surface area contributed by atoms with Crippen LogP contribution in [-0.4, -0.2) is 137 Å². The average Bonchev–Trinajstić information content (AvgIpc) is 3.70. The first kappa shape index (κ1) is 32.2. The molecule has 236 valence electrons. The third kappa shape index (κ3) is 6.76. The van der Waals surface area contributed by atoms with Crippen LogP contribution >= 0.6 is 0 Å². The molecule has 2 saturated heterocycles. The number of hydrogen-bond donors (Lipinski definition) is 10. The third-order valence-corrected chi connectivity index (χ3v) is 6.36. The zero-order valence-corrected chi connectivity index (χ0v) is 22.5. The second-order valence-electron chi connectivity index (χ2n) is 9.07. The molecule has 22 nitrogen and oxygen atoms in total. The van der Waals surface area contributed by atoms with E-state index in [1.54, 1.807) is 0 Å². The largest absolute Gasteiger partial charge is 0.394 e. The van der Waals surface area contributed by atoms with Crippen molar-refractivity contribution in [2.75, 3.05) is 24.7 Å². The predicted octanol–water partition coefficient (Wildman–Crippen LogP) is -4.61. The van der Waals surface area contributed by atoms with Crippen LogP contribution in [0.5, 0.6) is 0 Å². The second kappa shape index (κ2) is 12.9. The summed E-state index contributed by atoms with van der Waals surface area (Å²) in [4.78, 5) is 23.8. The van der Waals surface area contributed by atoms with Crippen molar-refractivity contribution in [1.82, 2.24) is 39.0 Å². The Labute approximate surface area is 240 Å². The molecule has 6 rings (SSSR count). The van der Waals surface area contributed by atoms with Crippen LogP contribution in [0.25, 0.3) is 22.3 Å². The van der Waals surface area contributed by atoms with Gasteiger partial charge < -0.3 is 51.6 Å². The van der Waals surface area contributed by atoms with Gasteiger partial charge in [0.15, 0.2) is 35.4 Å². The van der Waals surface area contributed by atoms with E-state index >= 15 is 0 Å². The number of imidazole rings is 2. The summed E-state index contributed by atoms with van der Waals surface area (Å²) in [6.07, 6.45) is -2.85. The Hall–Kier alpha value is -3.75. The van der Waals surface area contributed by atoms with Gasteiger partial charge in [-0.2, -0.15) is 8.42 Å². The molecule has 0 spiro atoms. The van der Waals surface area contributed by atoms with Crippen molar-refractivity contribution in [3.63, 3.8) is 0 Å². The smallest absolute Gasteiger partial charge is 0.394 e. The number of nitrogens with two attached hydrogens (primary N) is 2. The van der Waals surface area contributed by atoms with E-state index in [1.807, 2.05) is 0 Å².